The quantitative estimate of drug-likeness (QED) is 0.278. The second-order valence-electron chi connectivity index (χ2n) is 8.10. The van der Waals surface area contributed by atoms with E-state index in [4.69, 9.17) is 9.47 Å². The van der Waals surface area contributed by atoms with Gasteiger partial charge >= 0.3 is 0 Å². The molecule has 4 heteroatoms. The van der Waals surface area contributed by atoms with E-state index < -0.39 is 0 Å². The fourth-order valence-electron chi connectivity index (χ4n) is 3.90. The van der Waals surface area contributed by atoms with Crippen molar-refractivity contribution in [3.8, 4) is 11.5 Å². The highest BCUT2D eigenvalue weighted by Gasteiger charge is 2.05. The summed E-state index contributed by atoms with van der Waals surface area (Å²) in [7, 11) is 1.72. The maximum atomic E-state index is 5.86. The van der Waals surface area contributed by atoms with Crippen LogP contribution < -0.4 is 20.1 Å². The summed E-state index contributed by atoms with van der Waals surface area (Å²) in [4.78, 5) is 0. The van der Waals surface area contributed by atoms with Crippen molar-refractivity contribution in [3.05, 3.63) is 108 Å². The highest BCUT2D eigenvalue weighted by molar-refractivity contribution is 5.91. The van der Waals surface area contributed by atoms with Gasteiger partial charge in [0.25, 0.3) is 0 Å². The van der Waals surface area contributed by atoms with Crippen LogP contribution in [0.2, 0.25) is 0 Å². The number of hydrogen-bond acceptors (Lipinski definition) is 4. The Labute approximate surface area is 196 Å². The number of fused-ring (bicyclic) bond motifs is 1. The molecule has 0 atom stereocenters. The molecule has 0 fully saturated rings. The van der Waals surface area contributed by atoms with Gasteiger partial charge in [-0.3, -0.25) is 0 Å². The summed E-state index contributed by atoms with van der Waals surface area (Å²) in [6.07, 6.45) is 1.08. The topological polar surface area (TPSA) is 42.5 Å². The van der Waals surface area contributed by atoms with Gasteiger partial charge in [0, 0.05) is 18.5 Å². The van der Waals surface area contributed by atoms with Crippen LogP contribution in [0.25, 0.3) is 10.8 Å². The predicted molar refractivity (Wildman–Crippen MR) is 136 cm³/mol. The zero-order chi connectivity index (χ0) is 22.7. The Kier molecular flexibility index (Phi) is 8.34. The smallest absolute Gasteiger partial charge is 0.126 e. The molecule has 0 unspecified atom stereocenters. The molecular weight excluding hydrogens is 408 g/mol. The molecule has 4 rings (SSSR count). The number of hydrogen-bond donors (Lipinski definition) is 2. The second-order valence-corrected chi connectivity index (χ2v) is 8.10. The fraction of sp³-hybridized carbons (Fsp3) is 0.241. The van der Waals surface area contributed by atoms with Crippen LogP contribution in [0.4, 0.5) is 0 Å². The average Bonchev–Trinajstić information content (AvgIpc) is 2.88. The summed E-state index contributed by atoms with van der Waals surface area (Å²) < 4.78 is 11.3. The Morgan fingerprint density at radius 3 is 2.09 bits per heavy atom. The molecule has 0 aliphatic rings. The zero-order valence-electron chi connectivity index (χ0n) is 19.2. The first-order valence-electron chi connectivity index (χ1n) is 11.6. The van der Waals surface area contributed by atoms with Crippen molar-refractivity contribution in [2.24, 2.45) is 0 Å². The van der Waals surface area contributed by atoms with Crippen molar-refractivity contribution in [1.82, 2.24) is 10.6 Å². The fourth-order valence-corrected chi connectivity index (χ4v) is 3.90. The molecule has 0 aliphatic carbocycles. The first-order chi connectivity index (χ1) is 16.3. The van der Waals surface area contributed by atoms with Gasteiger partial charge in [0.1, 0.15) is 18.1 Å². The molecule has 2 N–H and O–H groups in total. The highest BCUT2D eigenvalue weighted by Crippen LogP contribution is 2.28. The maximum absolute atomic E-state index is 5.86. The third-order valence-electron chi connectivity index (χ3n) is 5.72. The molecule has 0 spiro atoms. The minimum atomic E-state index is 0.595. The molecule has 0 heterocycles. The lowest BCUT2D eigenvalue weighted by Gasteiger charge is -2.12. The SMILES string of the molecule is COc1ccc(CNCCCNCc2ccc(OCc3ccccc3)cc2)c2ccccc12. The first-order valence-corrected chi connectivity index (χ1v) is 11.6. The van der Waals surface area contributed by atoms with Crippen molar-refractivity contribution < 1.29 is 9.47 Å². The molecule has 0 radical (unpaired) electrons. The van der Waals surface area contributed by atoms with Crippen LogP contribution in [0.1, 0.15) is 23.1 Å². The zero-order valence-corrected chi connectivity index (χ0v) is 19.2. The number of rotatable bonds is 12. The number of methoxy groups -OCH3 is 1. The van der Waals surface area contributed by atoms with Crippen molar-refractivity contribution in [2.45, 2.75) is 26.1 Å². The van der Waals surface area contributed by atoms with Gasteiger partial charge in [0.05, 0.1) is 7.11 Å². The van der Waals surface area contributed by atoms with Crippen LogP contribution >= 0.6 is 0 Å². The highest BCUT2D eigenvalue weighted by atomic mass is 16.5. The van der Waals surface area contributed by atoms with E-state index in [1.54, 1.807) is 7.11 Å². The molecule has 4 nitrogen and oxygen atoms in total. The number of benzene rings is 4. The molecule has 0 bridgehead atoms. The molecule has 0 aromatic heterocycles. The average molecular weight is 441 g/mol. The molecule has 33 heavy (non-hydrogen) atoms. The Morgan fingerprint density at radius 1 is 0.636 bits per heavy atom. The van der Waals surface area contributed by atoms with Crippen LogP contribution in [0.5, 0.6) is 11.5 Å². The van der Waals surface area contributed by atoms with Gasteiger partial charge < -0.3 is 20.1 Å². The van der Waals surface area contributed by atoms with Gasteiger partial charge in [-0.1, -0.05) is 72.8 Å². The number of ether oxygens (including phenoxy) is 2. The molecule has 0 aliphatic heterocycles. The lowest BCUT2D eigenvalue weighted by molar-refractivity contribution is 0.306. The minimum absolute atomic E-state index is 0.595. The lowest BCUT2D eigenvalue weighted by Crippen LogP contribution is -2.21. The summed E-state index contributed by atoms with van der Waals surface area (Å²) in [5.74, 6) is 1.83. The molecule has 170 valence electrons. The Morgan fingerprint density at radius 2 is 1.33 bits per heavy atom. The summed E-state index contributed by atoms with van der Waals surface area (Å²) in [6.45, 7) is 4.26. The van der Waals surface area contributed by atoms with Crippen molar-refractivity contribution in [3.63, 3.8) is 0 Å². The van der Waals surface area contributed by atoms with Crippen LogP contribution in [0.3, 0.4) is 0 Å². The molecule has 0 amide bonds. The molecule has 0 saturated heterocycles. The third-order valence-corrected chi connectivity index (χ3v) is 5.72. The number of nitrogens with one attached hydrogen (secondary N) is 2. The van der Waals surface area contributed by atoms with Gasteiger partial charge in [-0.25, -0.2) is 0 Å². The molecule has 4 aromatic carbocycles. The third kappa shape index (κ3) is 6.58. The van der Waals surface area contributed by atoms with E-state index in [-0.39, 0.29) is 0 Å². The van der Waals surface area contributed by atoms with Gasteiger partial charge in [-0.15, -0.1) is 0 Å². The molecule has 4 aromatic rings. The molecule has 0 saturated carbocycles. The van der Waals surface area contributed by atoms with E-state index in [0.717, 1.165) is 49.5 Å². The van der Waals surface area contributed by atoms with Crippen molar-refractivity contribution >= 4 is 10.8 Å². The van der Waals surface area contributed by atoms with E-state index >= 15 is 0 Å². The van der Waals surface area contributed by atoms with Gasteiger partial charge in [-0.2, -0.15) is 0 Å². The maximum Gasteiger partial charge on any atom is 0.126 e. The van der Waals surface area contributed by atoms with Crippen molar-refractivity contribution in [2.75, 3.05) is 20.2 Å². The largest absolute Gasteiger partial charge is 0.496 e. The standard InChI is InChI=1S/C29H32N2O2/c1-32-29-17-14-25(27-10-5-6-11-28(27)29)21-31-19-7-18-30-20-23-12-15-26(16-13-23)33-22-24-8-3-2-4-9-24/h2-6,8-17,30-31H,7,18-22H2,1H3. The summed E-state index contributed by atoms with van der Waals surface area (Å²) in [5.41, 5.74) is 3.74. The summed E-state index contributed by atoms with van der Waals surface area (Å²) >= 11 is 0. The van der Waals surface area contributed by atoms with Crippen LogP contribution in [0.15, 0.2) is 91.0 Å². The van der Waals surface area contributed by atoms with E-state index in [1.807, 2.05) is 30.3 Å². The normalized spacial score (nSPS) is 10.9. The van der Waals surface area contributed by atoms with E-state index in [9.17, 15) is 0 Å². The van der Waals surface area contributed by atoms with Gasteiger partial charge in [-0.05, 0) is 59.8 Å². The minimum Gasteiger partial charge on any atom is -0.496 e. The van der Waals surface area contributed by atoms with Gasteiger partial charge in [0.15, 0.2) is 0 Å². The second kappa shape index (κ2) is 12.0. The van der Waals surface area contributed by atoms with E-state index in [0.29, 0.717) is 6.61 Å². The van der Waals surface area contributed by atoms with Gasteiger partial charge in [0.2, 0.25) is 0 Å². The Bertz CT molecular complexity index is 1130. The Hall–Kier alpha value is -3.34. The van der Waals surface area contributed by atoms with Crippen molar-refractivity contribution in [1.29, 1.82) is 0 Å². The van der Waals surface area contributed by atoms with E-state index in [1.165, 1.54) is 22.1 Å². The first kappa shape index (κ1) is 22.8. The van der Waals surface area contributed by atoms with Crippen LogP contribution in [-0.4, -0.2) is 20.2 Å². The Balaban J connectivity index is 1.13. The summed E-state index contributed by atoms with van der Waals surface area (Å²) in [6, 6.07) is 31.2. The molecular formula is C29H32N2O2. The van der Waals surface area contributed by atoms with Crippen LogP contribution in [-0.2, 0) is 19.7 Å². The predicted octanol–water partition coefficient (Wildman–Crippen LogP) is 5.70. The lowest BCUT2D eigenvalue weighted by atomic mass is 10.0. The van der Waals surface area contributed by atoms with E-state index in [2.05, 4.69) is 71.3 Å². The van der Waals surface area contributed by atoms with Crippen LogP contribution in [0, 0.1) is 0 Å². The summed E-state index contributed by atoms with van der Waals surface area (Å²) in [5, 5.41) is 9.51. The monoisotopic (exact) mass is 440 g/mol.